The minimum Gasteiger partial charge on any atom is -0.508 e. The zero-order valence-corrected chi connectivity index (χ0v) is 15.8. The first kappa shape index (κ1) is 18.1. The van der Waals surface area contributed by atoms with E-state index >= 15 is 0 Å². The lowest BCUT2D eigenvalue weighted by Crippen LogP contribution is -2.45. The highest BCUT2D eigenvalue weighted by Crippen LogP contribution is 2.38. The molecule has 28 heavy (non-hydrogen) atoms. The first-order chi connectivity index (χ1) is 13.6. The van der Waals surface area contributed by atoms with Crippen LogP contribution in [0.25, 0.3) is 0 Å². The number of rotatable bonds is 4. The molecule has 0 unspecified atom stereocenters. The van der Waals surface area contributed by atoms with Crippen LogP contribution in [0.4, 0.5) is 5.69 Å². The van der Waals surface area contributed by atoms with E-state index in [4.69, 9.17) is 14.6 Å². The molecule has 0 spiro atoms. The molecule has 2 aliphatic rings. The number of carbonyl (C=O) groups is 1. The molecule has 0 bridgehead atoms. The van der Waals surface area contributed by atoms with Crippen LogP contribution in [0.1, 0.15) is 18.4 Å². The van der Waals surface area contributed by atoms with Gasteiger partial charge in [-0.2, -0.15) is 5.10 Å². The van der Waals surface area contributed by atoms with Gasteiger partial charge in [-0.25, -0.2) is 5.01 Å². The summed E-state index contributed by atoms with van der Waals surface area (Å²) in [5.74, 6) is 1.25. The molecule has 1 aliphatic heterocycles. The number of anilines is 1. The molecule has 0 fully saturated rings. The smallest absolute Gasteiger partial charge is 0.251 e. The van der Waals surface area contributed by atoms with Crippen molar-refractivity contribution in [1.29, 1.82) is 0 Å². The van der Waals surface area contributed by atoms with E-state index in [9.17, 15) is 9.90 Å². The van der Waals surface area contributed by atoms with Crippen molar-refractivity contribution in [3.63, 3.8) is 0 Å². The van der Waals surface area contributed by atoms with Gasteiger partial charge in [-0.3, -0.25) is 4.79 Å². The number of hydrogen-bond donors (Lipinski definition) is 1. The van der Waals surface area contributed by atoms with Gasteiger partial charge in [-0.05, 0) is 55.3 Å². The zero-order chi connectivity index (χ0) is 19.7. The van der Waals surface area contributed by atoms with Gasteiger partial charge in [0.05, 0.1) is 31.5 Å². The van der Waals surface area contributed by atoms with Gasteiger partial charge >= 0.3 is 0 Å². The van der Waals surface area contributed by atoms with Gasteiger partial charge in [-0.1, -0.05) is 12.2 Å². The summed E-state index contributed by atoms with van der Waals surface area (Å²) in [6.07, 6.45) is 5.63. The van der Waals surface area contributed by atoms with Gasteiger partial charge in [0.2, 0.25) is 0 Å². The van der Waals surface area contributed by atoms with Crippen molar-refractivity contribution in [3.8, 4) is 17.2 Å². The SMILES string of the molecule is COc1ccc(C2=NN(c3ccc(O)cc3)C(=O)[C@@H]3CC=CC[C@H]23)cc1OC. The van der Waals surface area contributed by atoms with Crippen LogP contribution in [0, 0.1) is 11.8 Å². The number of fused-ring (bicyclic) bond motifs is 1. The molecule has 0 aromatic heterocycles. The number of allylic oxidation sites excluding steroid dienone is 2. The average Bonchev–Trinajstić information content (AvgIpc) is 2.74. The van der Waals surface area contributed by atoms with Crippen molar-refractivity contribution in [2.75, 3.05) is 19.2 Å². The third kappa shape index (κ3) is 3.11. The number of phenols is 1. The van der Waals surface area contributed by atoms with Crippen molar-refractivity contribution < 1.29 is 19.4 Å². The van der Waals surface area contributed by atoms with Gasteiger partial charge in [0.15, 0.2) is 11.5 Å². The molecule has 6 heteroatoms. The number of phenolic OH excluding ortho intramolecular Hbond substituents is 1. The number of hydrogen-bond acceptors (Lipinski definition) is 5. The first-order valence-corrected chi connectivity index (χ1v) is 9.21. The molecule has 144 valence electrons. The second kappa shape index (κ2) is 7.38. The van der Waals surface area contributed by atoms with Crippen LogP contribution in [0.15, 0.2) is 59.7 Å². The Morgan fingerprint density at radius 3 is 2.32 bits per heavy atom. The van der Waals surface area contributed by atoms with Crippen molar-refractivity contribution in [3.05, 3.63) is 60.2 Å². The number of amides is 1. The summed E-state index contributed by atoms with van der Waals surface area (Å²) in [7, 11) is 3.20. The number of benzene rings is 2. The van der Waals surface area contributed by atoms with E-state index in [2.05, 4.69) is 12.2 Å². The van der Waals surface area contributed by atoms with E-state index in [1.807, 2.05) is 18.2 Å². The Bertz CT molecular complexity index is 950. The van der Waals surface area contributed by atoms with E-state index in [1.165, 1.54) is 5.01 Å². The van der Waals surface area contributed by atoms with Crippen LogP contribution >= 0.6 is 0 Å². The predicted molar refractivity (Wildman–Crippen MR) is 107 cm³/mol. The van der Waals surface area contributed by atoms with E-state index in [1.54, 1.807) is 38.5 Å². The normalized spacial score (nSPS) is 21.1. The molecule has 0 saturated heterocycles. The van der Waals surface area contributed by atoms with Gasteiger partial charge in [-0.15, -0.1) is 0 Å². The molecule has 1 N–H and O–H groups in total. The van der Waals surface area contributed by atoms with Gasteiger partial charge in [0.1, 0.15) is 5.75 Å². The molecular formula is C22H22N2O4. The maximum atomic E-state index is 13.1. The van der Waals surface area contributed by atoms with Gasteiger partial charge < -0.3 is 14.6 Å². The Hall–Kier alpha value is -3.28. The largest absolute Gasteiger partial charge is 0.508 e. The second-order valence-corrected chi connectivity index (χ2v) is 6.88. The third-order valence-electron chi connectivity index (χ3n) is 5.29. The number of carbonyl (C=O) groups excluding carboxylic acids is 1. The first-order valence-electron chi connectivity index (χ1n) is 9.21. The summed E-state index contributed by atoms with van der Waals surface area (Å²) in [5.41, 5.74) is 2.39. The number of aromatic hydroxyl groups is 1. The fourth-order valence-electron chi connectivity index (χ4n) is 3.82. The van der Waals surface area contributed by atoms with Crippen LogP contribution in [0.2, 0.25) is 0 Å². The van der Waals surface area contributed by atoms with E-state index in [-0.39, 0.29) is 23.5 Å². The van der Waals surface area contributed by atoms with Crippen LogP contribution in [-0.2, 0) is 4.79 Å². The summed E-state index contributed by atoms with van der Waals surface area (Å²) >= 11 is 0. The topological polar surface area (TPSA) is 71.4 Å². The monoisotopic (exact) mass is 378 g/mol. The highest BCUT2D eigenvalue weighted by Gasteiger charge is 2.40. The van der Waals surface area contributed by atoms with Crippen LogP contribution < -0.4 is 14.5 Å². The van der Waals surface area contributed by atoms with Crippen molar-refractivity contribution in [2.24, 2.45) is 16.9 Å². The van der Waals surface area contributed by atoms with E-state index < -0.39 is 0 Å². The summed E-state index contributed by atoms with van der Waals surface area (Å²) < 4.78 is 10.8. The highest BCUT2D eigenvalue weighted by atomic mass is 16.5. The van der Waals surface area contributed by atoms with Crippen molar-refractivity contribution in [2.45, 2.75) is 12.8 Å². The summed E-state index contributed by atoms with van der Waals surface area (Å²) in [6.45, 7) is 0. The fraction of sp³-hybridized carbons (Fsp3) is 0.273. The summed E-state index contributed by atoms with van der Waals surface area (Å²) in [4.78, 5) is 13.1. The summed E-state index contributed by atoms with van der Waals surface area (Å²) in [6, 6.07) is 12.2. The highest BCUT2D eigenvalue weighted by molar-refractivity contribution is 6.11. The number of methoxy groups -OCH3 is 2. The van der Waals surface area contributed by atoms with Crippen molar-refractivity contribution >= 4 is 17.3 Å². The van der Waals surface area contributed by atoms with Crippen LogP contribution in [0.5, 0.6) is 17.2 Å². The predicted octanol–water partition coefficient (Wildman–Crippen LogP) is 3.74. The lowest BCUT2D eigenvalue weighted by molar-refractivity contribution is -0.123. The second-order valence-electron chi connectivity index (χ2n) is 6.88. The molecule has 2 aromatic rings. The standard InChI is InChI=1S/C22H22N2O4/c1-27-19-12-7-14(13-20(19)28-2)21-17-5-3-4-6-18(17)22(26)24(23-21)15-8-10-16(25)11-9-15/h3-4,7-13,17-18,25H,5-6H2,1-2H3/t17-,18+/m0/s1. The fourth-order valence-corrected chi connectivity index (χ4v) is 3.82. The quantitative estimate of drug-likeness (QED) is 0.823. The molecule has 0 saturated carbocycles. The molecule has 6 nitrogen and oxygen atoms in total. The Morgan fingerprint density at radius 2 is 1.64 bits per heavy atom. The molecule has 1 heterocycles. The van der Waals surface area contributed by atoms with Crippen molar-refractivity contribution in [1.82, 2.24) is 0 Å². The third-order valence-corrected chi connectivity index (χ3v) is 5.29. The molecule has 2 aromatic carbocycles. The van der Waals surface area contributed by atoms with Crippen LogP contribution in [0.3, 0.4) is 0 Å². The Kier molecular flexibility index (Phi) is 4.77. The van der Waals surface area contributed by atoms with Crippen LogP contribution in [-0.4, -0.2) is 30.9 Å². The van der Waals surface area contributed by atoms with E-state index in [0.717, 1.165) is 17.7 Å². The molecular weight excluding hydrogens is 356 g/mol. The van der Waals surface area contributed by atoms with E-state index in [0.29, 0.717) is 23.6 Å². The maximum absolute atomic E-state index is 13.1. The number of ether oxygens (including phenoxy) is 2. The lowest BCUT2D eigenvalue weighted by Gasteiger charge is -2.37. The summed E-state index contributed by atoms with van der Waals surface area (Å²) in [5, 5.41) is 15.8. The Labute approximate surface area is 163 Å². The molecule has 1 aliphatic carbocycles. The zero-order valence-electron chi connectivity index (χ0n) is 15.8. The van der Waals surface area contributed by atoms with Gasteiger partial charge in [0.25, 0.3) is 5.91 Å². The average molecular weight is 378 g/mol. The lowest BCUT2D eigenvalue weighted by atomic mass is 9.76. The minimum atomic E-state index is -0.167. The van der Waals surface area contributed by atoms with Gasteiger partial charge in [0, 0.05) is 11.5 Å². The Balaban J connectivity index is 1.82. The number of hydrazone groups is 1. The molecule has 4 rings (SSSR count). The molecule has 2 atom stereocenters. The molecule has 0 radical (unpaired) electrons. The molecule has 1 amide bonds. The maximum Gasteiger partial charge on any atom is 0.251 e. The minimum absolute atomic E-state index is 0.0176. The Morgan fingerprint density at radius 1 is 0.964 bits per heavy atom. The number of nitrogens with zero attached hydrogens (tertiary/aromatic N) is 2.